The van der Waals surface area contributed by atoms with E-state index in [4.69, 9.17) is 21.1 Å². The van der Waals surface area contributed by atoms with Gasteiger partial charge in [-0.15, -0.1) is 0 Å². The summed E-state index contributed by atoms with van der Waals surface area (Å²) in [4.78, 5) is 40.5. The van der Waals surface area contributed by atoms with Crippen molar-refractivity contribution in [3.05, 3.63) is 141 Å². The Morgan fingerprint density at radius 3 is 2.48 bits per heavy atom. The number of carbonyl (C=O) groups is 1. The molecule has 0 bridgehead atoms. The molecular weight excluding hydrogens is 992 g/mol. The highest BCUT2D eigenvalue weighted by Crippen LogP contribution is 2.53. The highest BCUT2D eigenvalue weighted by Gasteiger charge is 2.50. The van der Waals surface area contributed by atoms with Crippen molar-refractivity contribution >= 4 is 55.6 Å². The predicted molar refractivity (Wildman–Crippen MR) is 292 cm³/mol. The molecule has 2 saturated heterocycles. The number of aromatic amines is 1. The summed E-state index contributed by atoms with van der Waals surface area (Å²) in [6, 6.07) is 28.1. The quantitative estimate of drug-likeness (QED) is 0.0529. The van der Waals surface area contributed by atoms with Gasteiger partial charge < -0.3 is 29.8 Å². The van der Waals surface area contributed by atoms with E-state index in [9.17, 15) is 28.4 Å². The van der Waals surface area contributed by atoms with Crippen molar-refractivity contribution in [1.82, 2.24) is 24.5 Å². The van der Waals surface area contributed by atoms with E-state index >= 15 is 0 Å². The van der Waals surface area contributed by atoms with Crippen LogP contribution in [-0.4, -0.2) is 102 Å². The lowest BCUT2D eigenvalue weighted by Crippen LogP contribution is -2.60. The second kappa shape index (κ2) is 21.4. The molecular formula is C57H67ClN8O8S. The van der Waals surface area contributed by atoms with E-state index in [1.807, 2.05) is 31.2 Å². The molecule has 18 heteroatoms. The summed E-state index contributed by atoms with van der Waals surface area (Å²) < 4.78 is 41.8. The van der Waals surface area contributed by atoms with E-state index in [0.717, 1.165) is 94.9 Å². The number of anilines is 2. The number of methoxy groups -OCH3 is 1. The smallest absolute Gasteiger partial charge is 0.293 e. The van der Waals surface area contributed by atoms with Gasteiger partial charge in [-0.25, -0.2) is 18.1 Å². The van der Waals surface area contributed by atoms with Gasteiger partial charge in [-0.1, -0.05) is 55.8 Å². The van der Waals surface area contributed by atoms with Gasteiger partial charge in [-0.3, -0.25) is 24.7 Å². The maximum absolute atomic E-state index is 14.1. The van der Waals surface area contributed by atoms with E-state index in [1.165, 1.54) is 35.0 Å². The van der Waals surface area contributed by atoms with E-state index in [2.05, 4.69) is 78.9 Å². The molecule has 4 N–H and O–H groups in total. The SMILES string of the molecule is COc1cc(CN2CCN(C3CC4(CCN(c5ccc(C(=O)NS(=O)(=O)c6ccc(NCC7CCC(C)(O)CC7)c([N+](=O)[O-])c6)c(Oc6cnc7[nH]ccc7c6)c5)CC4)C3)[C@H](c3ccccc3C(C)C)C2)ccc1Cl. The van der Waals surface area contributed by atoms with Crippen molar-refractivity contribution in [1.29, 1.82) is 0 Å². The van der Waals surface area contributed by atoms with Crippen LogP contribution in [0, 0.1) is 21.4 Å². The van der Waals surface area contributed by atoms with Gasteiger partial charge in [0.1, 0.15) is 28.6 Å². The summed E-state index contributed by atoms with van der Waals surface area (Å²) in [7, 11) is -2.94. The Labute approximate surface area is 444 Å². The summed E-state index contributed by atoms with van der Waals surface area (Å²) in [5, 5.41) is 27.1. The van der Waals surface area contributed by atoms with Crippen LogP contribution in [0.3, 0.4) is 0 Å². The van der Waals surface area contributed by atoms with Gasteiger partial charge in [0.25, 0.3) is 21.6 Å². The molecule has 6 aromatic rings. The lowest BCUT2D eigenvalue weighted by Gasteiger charge is -2.58. The molecule has 396 valence electrons. The number of nitro groups is 1. The number of carbonyl (C=O) groups excluding carboxylic acids is 1. The molecule has 4 aliphatic rings. The number of sulfonamides is 1. The summed E-state index contributed by atoms with van der Waals surface area (Å²) in [6.07, 6.45) is 10.3. The third-order valence-corrected chi connectivity index (χ3v) is 18.0. The average molecular weight is 1060 g/mol. The first kappa shape index (κ1) is 52.2. The van der Waals surface area contributed by atoms with Crippen molar-refractivity contribution in [3.63, 3.8) is 0 Å². The number of hydrogen-bond donors (Lipinski definition) is 4. The molecule has 75 heavy (non-hydrogen) atoms. The van der Waals surface area contributed by atoms with Crippen molar-refractivity contribution in [2.24, 2.45) is 11.3 Å². The Morgan fingerprint density at radius 2 is 1.73 bits per heavy atom. The van der Waals surface area contributed by atoms with Crippen molar-refractivity contribution in [2.75, 3.05) is 56.6 Å². The number of piperazine rings is 1. The largest absolute Gasteiger partial charge is 0.495 e. The first-order valence-electron chi connectivity index (χ1n) is 26.2. The molecule has 4 heterocycles. The maximum atomic E-state index is 14.1. The number of fused-ring (bicyclic) bond motifs is 1. The van der Waals surface area contributed by atoms with Crippen LogP contribution in [0.1, 0.15) is 111 Å². The number of amides is 1. The number of nitrogens with one attached hydrogen (secondary N) is 3. The number of rotatable bonds is 16. The zero-order valence-corrected chi connectivity index (χ0v) is 44.6. The first-order chi connectivity index (χ1) is 35.9. The van der Waals surface area contributed by atoms with Crippen LogP contribution in [0.15, 0.2) is 108 Å². The Kier molecular flexibility index (Phi) is 14.9. The number of nitrogens with zero attached hydrogens (tertiary/aromatic N) is 5. The van der Waals surface area contributed by atoms with Crippen LogP contribution in [0.25, 0.3) is 11.0 Å². The van der Waals surface area contributed by atoms with E-state index in [-0.39, 0.29) is 34.4 Å². The van der Waals surface area contributed by atoms with Gasteiger partial charge >= 0.3 is 0 Å². The number of ether oxygens (including phenoxy) is 2. The lowest BCUT2D eigenvalue weighted by molar-refractivity contribution is -0.384. The lowest BCUT2D eigenvalue weighted by atomic mass is 9.59. The predicted octanol–water partition coefficient (Wildman–Crippen LogP) is 10.8. The molecule has 10 rings (SSSR count). The van der Waals surface area contributed by atoms with Crippen LogP contribution in [0.5, 0.6) is 17.2 Å². The van der Waals surface area contributed by atoms with Gasteiger partial charge in [0.15, 0.2) is 0 Å². The van der Waals surface area contributed by atoms with E-state index in [1.54, 1.807) is 31.5 Å². The van der Waals surface area contributed by atoms with Crippen LogP contribution < -0.4 is 24.4 Å². The normalized spacial score (nSPS) is 21.5. The molecule has 4 fully saturated rings. The molecule has 2 aromatic heterocycles. The van der Waals surface area contributed by atoms with Crippen LogP contribution in [-0.2, 0) is 16.6 Å². The molecule has 1 spiro atoms. The van der Waals surface area contributed by atoms with Gasteiger partial charge in [-0.2, -0.15) is 0 Å². The summed E-state index contributed by atoms with van der Waals surface area (Å²) in [5.74, 6) is 0.822. The number of aliphatic hydroxyl groups is 1. The van der Waals surface area contributed by atoms with E-state index < -0.39 is 37.0 Å². The molecule has 1 atom stereocenters. The molecule has 1 amide bonds. The molecule has 2 saturated carbocycles. The summed E-state index contributed by atoms with van der Waals surface area (Å²) in [5.41, 5.74) is 4.68. The Balaban J connectivity index is 0.832. The minimum atomic E-state index is -4.59. The fraction of sp³-hybridized carbons (Fsp3) is 0.439. The highest BCUT2D eigenvalue weighted by molar-refractivity contribution is 7.90. The highest BCUT2D eigenvalue weighted by atomic mass is 35.5. The van der Waals surface area contributed by atoms with Crippen LogP contribution in [0.2, 0.25) is 5.02 Å². The number of halogens is 1. The van der Waals surface area contributed by atoms with Crippen molar-refractivity contribution < 1.29 is 32.7 Å². The van der Waals surface area contributed by atoms with Crippen LogP contribution >= 0.6 is 11.6 Å². The topological polar surface area (TPSA) is 195 Å². The Morgan fingerprint density at radius 1 is 0.960 bits per heavy atom. The number of hydrogen-bond acceptors (Lipinski definition) is 13. The number of H-pyrrole nitrogens is 1. The fourth-order valence-corrected chi connectivity index (χ4v) is 13.2. The number of piperidine rings is 1. The fourth-order valence-electron chi connectivity index (χ4n) is 12.0. The van der Waals surface area contributed by atoms with Gasteiger partial charge in [0.05, 0.1) is 39.3 Å². The molecule has 2 aliphatic heterocycles. The van der Waals surface area contributed by atoms with Gasteiger partial charge in [-0.05, 0) is 141 Å². The second-order valence-electron chi connectivity index (χ2n) is 21.9. The monoisotopic (exact) mass is 1060 g/mol. The number of benzene rings is 4. The minimum absolute atomic E-state index is 0.0346. The Hall–Kier alpha value is -6.24. The van der Waals surface area contributed by atoms with E-state index in [0.29, 0.717) is 53.5 Å². The zero-order chi connectivity index (χ0) is 52.6. The number of pyridine rings is 1. The number of nitro benzene ring substituents is 1. The number of aromatic nitrogens is 2. The summed E-state index contributed by atoms with van der Waals surface area (Å²) >= 11 is 6.39. The molecule has 0 radical (unpaired) electrons. The Bertz CT molecular complexity index is 3180. The van der Waals surface area contributed by atoms with Gasteiger partial charge in [0.2, 0.25) is 0 Å². The second-order valence-corrected chi connectivity index (χ2v) is 23.9. The molecule has 2 aliphatic carbocycles. The average Bonchev–Trinajstić information content (AvgIpc) is 3.86. The standard InChI is InChI=1S/C57H67ClN8O8S/c1-37(2)45-7-5-6-8-46(45)51-36-63(35-39-9-13-48(58)53(27-39)73-4)25-26-65(51)42-31-57(32-42)20-23-64(24-21-57)41-10-12-47(52(29-41)74-43-28-40-17-22-59-54(40)61-34-43)55(67)62-75(71,72)44-11-14-49(50(30-44)66(69)70)60-33-38-15-18-56(3,68)19-16-38/h5-14,17,22,27-30,34,37-38,42,51,60,68H,15-16,18-21,23-26,31-33,35-36H2,1-4H3,(H,59,61)(H,62,67)/t38?,51-,56?/m0/s1. The zero-order valence-electron chi connectivity index (χ0n) is 43.1. The summed E-state index contributed by atoms with van der Waals surface area (Å²) in [6.45, 7) is 12.1. The molecule has 4 aromatic carbocycles. The third-order valence-electron chi connectivity index (χ3n) is 16.4. The molecule has 16 nitrogen and oxygen atoms in total. The third kappa shape index (κ3) is 11.5. The minimum Gasteiger partial charge on any atom is -0.495 e. The molecule has 0 unspecified atom stereocenters. The first-order valence-corrected chi connectivity index (χ1v) is 28.0. The maximum Gasteiger partial charge on any atom is 0.293 e. The van der Waals surface area contributed by atoms with Crippen molar-refractivity contribution in [2.45, 2.75) is 107 Å². The van der Waals surface area contributed by atoms with Gasteiger partial charge in [0, 0.05) is 87.3 Å². The van der Waals surface area contributed by atoms with Crippen molar-refractivity contribution in [3.8, 4) is 17.2 Å². The van der Waals surface area contributed by atoms with Crippen LogP contribution in [0.4, 0.5) is 17.1 Å².